The SMILES string of the molecule is CCOc1cc(C=Nc2ccc(C)cc2)ccc1OCc1ccc(C(=O)O)cc1. The van der Waals surface area contributed by atoms with E-state index in [1.165, 1.54) is 5.56 Å². The van der Waals surface area contributed by atoms with Crippen LogP contribution in [0.15, 0.2) is 71.7 Å². The molecule has 0 saturated carbocycles. The normalized spacial score (nSPS) is 10.8. The summed E-state index contributed by atoms with van der Waals surface area (Å²) in [5.74, 6) is 0.322. The molecule has 0 aliphatic heterocycles. The summed E-state index contributed by atoms with van der Waals surface area (Å²) < 4.78 is 11.6. The van der Waals surface area contributed by atoms with Crippen LogP contribution >= 0.6 is 0 Å². The maximum absolute atomic E-state index is 10.9. The van der Waals surface area contributed by atoms with Gasteiger partial charge in [0.05, 0.1) is 17.9 Å². The summed E-state index contributed by atoms with van der Waals surface area (Å²) in [4.78, 5) is 15.4. The first-order valence-electron chi connectivity index (χ1n) is 9.38. The lowest BCUT2D eigenvalue weighted by molar-refractivity contribution is 0.0697. The summed E-state index contributed by atoms with van der Waals surface area (Å²) in [5, 5.41) is 8.98. The maximum atomic E-state index is 10.9. The first kappa shape index (κ1) is 20.1. The van der Waals surface area contributed by atoms with Crippen LogP contribution < -0.4 is 9.47 Å². The molecule has 3 aromatic rings. The van der Waals surface area contributed by atoms with Gasteiger partial charge in [0.25, 0.3) is 0 Å². The number of nitrogens with zero attached hydrogens (tertiary/aromatic N) is 1. The summed E-state index contributed by atoms with van der Waals surface area (Å²) in [5.41, 5.74) is 4.12. The van der Waals surface area contributed by atoms with Gasteiger partial charge in [-0.25, -0.2) is 4.79 Å². The number of ether oxygens (including phenoxy) is 2. The fraction of sp³-hybridized carbons (Fsp3) is 0.167. The third-order valence-corrected chi connectivity index (χ3v) is 4.26. The maximum Gasteiger partial charge on any atom is 0.335 e. The highest BCUT2D eigenvalue weighted by Crippen LogP contribution is 2.29. The standard InChI is InChI=1S/C24H23NO4/c1-3-28-23-14-19(15-25-21-11-4-17(2)5-12-21)8-13-22(23)29-16-18-6-9-20(10-7-18)24(26)27/h4-15H,3,16H2,1-2H3,(H,26,27). The number of hydrogen-bond donors (Lipinski definition) is 1. The Balaban J connectivity index is 1.71. The van der Waals surface area contributed by atoms with Gasteiger partial charge in [0.1, 0.15) is 6.61 Å². The van der Waals surface area contributed by atoms with Crippen molar-refractivity contribution in [2.45, 2.75) is 20.5 Å². The quantitative estimate of drug-likeness (QED) is 0.522. The fourth-order valence-corrected chi connectivity index (χ4v) is 2.68. The highest BCUT2D eigenvalue weighted by atomic mass is 16.5. The van der Waals surface area contributed by atoms with E-state index in [0.29, 0.717) is 24.7 Å². The van der Waals surface area contributed by atoms with E-state index in [1.807, 2.05) is 56.3 Å². The molecule has 0 unspecified atom stereocenters. The Labute approximate surface area is 170 Å². The molecule has 5 nitrogen and oxygen atoms in total. The van der Waals surface area contributed by atoms with Crippen LogP contribution in [0, 0.1) is 6.92 Å². The van der Waals surface area contributed by atoms with E-state index in [1.54, 1.807) is 30.5 Å². The third kappa shape index (κ3) is 5.69. The zero-order chi connectivity index (χ0) is 20.6. The second kappa shape index (κ2) is 9.55. The van der Waals surface area contributed by atoms with Gasteiger partial charge in [-0.1, -0.05) is 29.8 Å². The third-order valence-electron chi connectivity index (χ3n) is 4.26. The van der Waals surface area contributed by atoms with Crippen LogP contribution in [-0.4, -0.2) is 23.9 Å². The summed E-state index contributed by atoms with van der Waals surface area (Å²) in [7, 11) is 0. The van der Waals surface area contributed by atoms with Crippen LogP contribution in [0.1, 0.15) is 34.0 Å². The lowest BCUT2D eigenvalue weighted by atomic mass is 10.1. The van der Waals surface area contributed by atoms with E-state index in [-0.39, 0.29) is 5.56 Å². The second-order valence-corrected chi connectivity index (χ2v) is 6.52. The van der Waals surface area contributed by atoms with Gasteiger partial charge < -0.3 is 14.6 Å². The minimum atomic E-state index is -0.945. The number of aromatic carboxylic acids is 1. The van der Waals surface area contributed by atoms with Crippen LogP contribution in [-0.2, 0) is 6.61 Å². The Kier molecular flexibility index (Phi) is 6.63. The smallest absolute Gasteiger partial charge is 0.335 e. The molecular formula is C24H23NO4. The van der Waals surface area contributed by atoms with Gasteiger partial charge in [0.15, 0.2) is 11.5 Å². The van der Waals surface area contributed by atoms with E-state index >= 15 is 0 Å². The van der Waals surface area contributed by atoms with Crippen LogP contribution in [0.5, 0.6) is 11.5 Å². The van der Waals surface area contributed by atoms with Crippen molar-refractivity contribution in [3.05, 3.63) is 89.0 Å². The van der Waals surface area contributed by atoms with Gasteiger partial charge >= 0.3 is 5.97 Å². The molecule has 0 amide bonds. The first-order valence-corrected chi connectivity index (χ1v) is 9.38. The molecule has 0 heterocycles. The number of hydrogen-bond acceptors (Lipinski definition) is 4. The largest absolute Gasteiger partial charge is 0.490 e. The predicted octanol–water partition coefficient (Wildman–Crippen LogP) is 5.42. The first-order chi connectivity index (χ1) is 14.0. The van der Waals surface area contributed by atoms with E-state index < -0.39 is 5.97 Å². The van der Waals surface area contributed by atoms with E-state index in [0.717, 1.165) is 16.8 Å². The molecule has 0 aliphatic carbocycles. The van der Waals surface area contributed by atoms with Crippen molar-refractivity contribution in [2.75, 3.05) is 6.61 Å². The highest BCUT2D eigenvalue weighted by Gasteiger charge is 2.07. The van der Waals surface area contributed by atoms with Crippen LogP contribution in [0.2, 0.25) is 0 Å². The molecule has 148 valence electrons. The van der Waals surface area contributed by atoms with Gasteiger partial charge in [0, 0.05) is 6.21 Å². The zero-order valence-corrected chi connectivity index (χ0v) is 16.5. The number of carbonyl (C=O) groups is 1. The summed E-state index contributed by atoms with van der Waals surface area (Å²) in [6.45, 7) is 4.79. The summed E-state index contributed by atoms with van der Waals surface area (Å²) >= 11 is 0. The minimum absolute atomic E-state index is 0.251. The van der Waals surface area contributed by atoms with Gasteiger partial charge in [-0.15, -0.1) is 0 Å². The van der Waals surface area contributed by atoms with Crippen molar-refractivity contribution >= 4 is 17.9 Å². The molecule has 29 heavy (non-hydrogen) atoms. The molecule has 3 rings (SSSR count). The van der Waals surface area contributed by atoms with Gasteiger partial charge in [-0.3, -0.25) is 4.99 Å². The number of carboxylic acid groups (broad SMARTS) is 1. The van der Waals surface area contributed by atoms with Gasteiger partial charge in [-0.2, -0.15) is 0 Å². The van der Waals surface area contributed by atoms with Crippen molar-refractivity contribution in [1.82, 2.24) is 0 Å². The summed E-state index contributed by atoms with van der Waals surface area (Å²) in [6, 6.07) is 20.3. The molecule has 3 aromatic carbocycles. The number of carboxylic acids is 1. The Morgan fingerprint density at radius 3 is 2.34 bits per heavy atom. The molecular weight excluding hydrogens is 366 g/mol. The molecule has 0 fully saturated rings. The molecule has 0 bridgehead atoms. The monoisotopic (exact) mass is 389 g/mol. The Bertz CT molecular complexity index is 992. The van der Waals surface area contributed by atoms with Crippen molar-refractivity contribution in [2.24, 2.45) is 4.99 Å². The topological polar surface area (TPSA) is 68.1 Å². The van der Waals surface area contributed by atoms with Crippen LogP contribution in [0.3, 0.4) is 0 Å². The second-order valence-electron chi connectivity index (χ2n) is 6.52. The number of aryl methyl sites for hydroxylation is 1. The lowest BCUT2D eigenvalue weighted by Gasteiger charge is -2.13. The van der Waals surface area contributed by atoms with E-state index in [2.05, 4.69) is 4.99 Å². The molecule has 0 saturated heterocycles. The number of benzene rings is 3. The lowest BCUT2D eigenvalue weighted by Crippen LogP contribution is -2.01. The number of aliphatic imine (C=N–C) groups is 1. The average molecular weight is 389 g/mol. The zero-order valence-electron chi connectivity index (χ0n) is 16.5. The average Bonchev–Trinajstić information content (AvgIpc) is 2.73. The molecule has 0 atom stereocenters. The van der Waals surface area contributed by atoms with E-state index in [9.17, 15) is 4.79 Å². The Hall–Kier alpha value is -3.60. The highest BCUT2D eigenvalue weighted by molar-refractivity contribution is 5.87. The van der Waals surface area contributed by atoms with Gasteiger partial charge in [0.2, 0.25) is 0 Å². The van der Waals surface area contributed by atoms with Crippen LogP contribution in [0.25, 0.3) is 0 Å². The van der Waals surface area contributed by atoms with E-state index in [4.69, 9.17) is 14.6 Å². The predicted molar refractivity (Wildman–Crippen MR) is 114 cm³/mol. The summed E-state index contributed by atoms with van der Waals surface area (Å²) in [6.07, 6.45) is 1.79. The van der Waals surface area contributed by atoms with Crippen LogP contribution in [0.4, 0.5) is 5.69 Å². The molecule has 0 aliphatic rings. The number of rotatable bonds is 8. The molecule has 0 aromatic heterocycles. The van der Waals surface area contributed by atoms with Crippen molar-refractivity contribution in [3.8, 4) is 11.5 Å². The molecule has 0 radical (unpaired) electrons. The molecule has 1 N–H and O–H groups in total. The van der Waals surface area contributed by atoms with Crippen molar-refractivity contribution < 1.29 is 19.4 Å². The van der Waals surface area contributed by atoms with Gasteiger partial charge in [-0.05, 0) is 67.4 Å². The minimum Gasteiger partial charge on any atom is -0.490 e. The molecule has 5 heteroatoms. The van der Waals surface area contributed by atoms with Crippen molar-refractivity contribution in [3.63, 3.8) is 0 Å². The Morgan fingerprint density at radius 2 is 1.69 bits per heavy atom. The van der Waals surface area contributed by atoms with Crippen molar-refractivity contribution in [1.29, 1.82) is 0 Å². The fourth-order valence-electron chi connectivity index (χ4n) is 2.68. The molecule has 0 spiro atoms. The Morgan fingerprint density at radius 1 is 0.966 bits per heavy atom.